The maximum absolute atomic E-state index is 12.6. The fraction of sp³-hybridized carbons (Fsp3) is 0.150. The van der Waals surface area contributed by atoms with Crippen molar-refractivity contribution in [3.63, 3.8) is 0 Å². The molecule has 1 fully saturated rings. The number of aliphatic carboxylic acids is 1. The highest BCUT2D eigenvalue weighted by atomic mass is 79.9. The summed E-state index contributed by atoms with van der Waals surface area (Å²) in [7, 11) is 0. The summed E-state index contributed by atoms with van der Waals surface area (Å²) in [6.45, 7) is 1.24. The van der Waals surface area contributed by atoms with Crippen LogP contribution >= 0.6 is 15.9 Å². The zero-order chi connectivity index (χ0) is 19.7. The number of carboxylic acids is 1. The summed E-state index contributed by atoms with van der Waals surface area (Å²) < 4.78 is 0.792. The van der Waals surface area contributed by atoms with Gasteiger partial charge in [-0.05, 0) is 24.6 Å². The number of nitrogens with zero attached hydrogens (tertiary/aromatic N) is 1. The van der Waals surface area contributed by atoms with Crippen LogP contribution in [0.1, 0.15) is 22.7 Å². The number of rotatable bonds is 4. The topological polar surface area (TPSA) is 94.9 Å². The normalized spacial score (nSPS) is 18.7. The lowest BCUT2D eigenvalue weighted by Crippen LogP contribution is -2.34. The molecule has 0 saturated carbocycles. The van der Waals surface area contributed by atoms with E-state index in [1.807, 2.05) is 6.92 Å². The summed E-state index contributed by atoms with van der Waals surface area (Å²) >= 11 is 3.32. The zero-order valence-corrected chi connectivity index (χ0v) is 15.9. The number of hydrogen-bond acceptors (Lipinski definition) is 4. The number of benzene rings is 2. The van der Waals surface area contributed by atoms with E-state index in [-0.39, 0.29) is 11.3 Å². The third-order valence-corrected chi connectivity index (χ3v) is 4.88. The van der Waals surface area contributed by atoms with E-state index in [2.05, 4.69) is 15.9 Å². The van der Waals surface area contributed by atoms with Crippen LogP contribution in [0.4, 0.5) is 0 Å². The SMILES string of the molecule is Cc1ccc(/C(O)=C2\C(=O)C(=O)N(CC(=O)O)C2c2ccc(Br)cc2)cc1. The van der Waals surface area contributed by atoms with Crippen LogP contribution in [0.5, 0.6) is 0 Å². The van der Waals surface area contributed by atoms with Gasteiger partial charge in [0.25, 0.3) is 11.7 Å². The molecule has 2 N–H and O–H groups in total. The minimum Gasteiger partial charge on any atom is -0.507 e. The van der Waals surface area contributed by atoms with Crippen LogP contribution in [-0.4, -0.2) is 39.3 Å². The molecule has 1 atom stereocenters. The maximum Gasteiger partial charge on any atom is 0.323 e. The number of carboxylic acid groups (broad SMARTS) is 1. The standard InChI is InChI=1S/C20H16BrNO5/c1-11-2-4-13(5-3-11)18(25)16-17(12-6-8-14(21)9-7-12)22(10-15(23)24)20(27)19(16)26/h2-9,17,25H,10H2,1H3,(H,23,24)/b18-16+. The summed E-state index contributed by atoms with van der Waals surface area (Å²) in [5.41, 5.74) is 1.78. The third-order valence-electron chi connectivity index (χ3n) is 4.36. The molecule has 7 heteroatoms. The highest BCUT2D eigenvalue weighted by Crippen LogP contribution is 2.39. The van der Waals surface area contributed by atoms with Crippen LogP contribution in [-0.2, 0) is 14.4 Å². The van der Waals surface area contributed by atoms with Crippen LogP contribution in [0.2, 0.25) is 0 Å². The number of halogens is 1. The number of carbonyl (C=O) groups is 3. The van der Waals surface area contributed by atoms with Crippen molar-refractivity contribution in [1.82, 2.24) is 4.90 Å². The Balaban J connectivity index is 2.19. The van der Waals surface area contributed by atoms with Crippen molar-refractivity contribution >= 4 is 39.3 Å². The summed E-state index contributed by atoms with van der Waals surface area (Å²) in [4.78, 5) is 37.3. The number of aliphatic hydroxyl groups excluding tert-OH is 1. The number of aryl methyl sites for hydroxylation is 1. The molecule has 0 bridgehead atoms. The molecule has 1 amide bonds. The second-order valence-corrected chi connectivity index (χ2v) is 7.15. The Morgan fingerprint density at radius 3 is 2.19 bits per heavy atom. The fourth-order valence-electron chi connectivity index (χ4n) is 3.05. The summed E-state index contributed by atoms with van der Waals surface area (Å²) in [6, 6.07) is 12.7. The molecule has 0 spiro atoms. The molecule has 2 aromatic carbocycles. The average molecular weight is 430 g/mol. The maximum atomic E-state index is 12.6. The Morgan fingerprint density at radius 2 is 1.63 bits per heavy atom. The number of carbonyl (C=O) groups excluding carboxylic acids is 2. The van der Waals surface area contributed by atoms with Crippen molar-refractivity contribution in [2.75, 3.05) is 6.54 Å². The molecule has 3 rings (SSSR count). The molecular formula is C20H16BrNO5. The Bertz CT molecular complexity index is 947. The molecular weight excluding hydrogens is 414 g/mol. The molecule has 0 radical (unpaired) electrons. The van der Waals surface area contributed by atoms with Crippen LogP contribution in [0.15, 0.2) is 58.6 Å². The lowest BCUT2D eigenvalue weighted by atomic mass is 9.95. The van der Waals surface area contributed by atoms with Crippen LogP contribution in [0.25, 0.3) is 5.76 Å². The first-order chi connectivity index (χ1) is 12.8. The van der Waals surface area contributed by atoms with Gasteiger partial charge in [0.1, 0.15) is 12.3 Å². The summed E-state index contributed by atoms with van der Waals surface area (Å²) in [5, 5.41) is 19.9. The number of hydrogen-bond donors (Lipinski definition) is 2. The van der Waals surface area contributed by atoms with E-state index in [4.69, 9.17) is 5.11 Å². The van der Waals surface area contributed by atoms with Crippen molar-refractivity contribution in [2.24, 2.45) is 0 Å². The monoisotopic (exact) mass is 429 g/mol. The minimum atomic E-state index is -1.24. The Hall–Kier alpha value is -2.93. The van der Waals surface area contributed by atoms with Crippen molar-refractivity contribution in [1.29, 1.82) is 0 Å². The van der Waals surface area contributed by atoms with E-state index < -0.39 is 30.2 Å². The van der Waals surface area contributed by atoms with Crippen molar-refractivity contribution < 1.29 is 24.6 Å². The largest absolute Gasteiger partial charge is 0.507 e. The van der Waals surface area contributed by atoms with Crippen LogP contribution in [0, 0.1) is 6.92 Å². The average Bonchev–Trinajstić information content (AvgIpc) is 2.87. The zero-order valence-electron chi connectivity index (χ0n) is 14.3. The summed E-state index contributed by atoms with van der Waals surface area (Å²) in [5.74, 6) is -3.41. The van der Waals surface area contributed by atoms with Crippen LogP contribution < -0.4 is 0 Å². The van der Waals surface area contributed by atoms with Gasteiger partial charge in [0.15, 0.2) is 0 Å². The van der Waals surface area contributed by atoms with Gasteiger partial charge in [0.05, 0.1) is 11.6 Å². The van der Waals surface area contributed by atoms with Gasteiger partial charge < -0.3 is 15.1 Å². The highest BCUT2D eigenvalue weighted by Gasteiger charge is 2.46. The Morgan fingerprint density at radius 1 is 1.04 bits per heavy atom. The second-order valence-electron chi connectivity index (χ2n) is 6.24. The number of ketones is 1. The number of likely N-dealkylation sites (tertiary alicyclic amines) is 1. The minimum absolute atomic E-state index is 0.118. The van der Waals surface area contributed by atoms with Gasteiger partial charge in [-0.2, -0.15) is 0 Å². The lowest BCUT2D eigenvalue weighted by molar-refractivity contribution is -0.146. The van der Waals surface area contributed by atoms with Gasteiger partial charge in [0.2, 0.25) is 0 Å². The van der Waals surface area contributed by atoms with Gasteiger partial charge in [-0.3, -0.25) is 14.4 Å². The number of Topliss-reactive ketones (excluding diaryl/α,β-unsaturated/α-hetero) is 1. The first kappa shape index (κ1) is 18.8. The number of aliphatic hydroxyl groups is 1. The first-order valence-electron chi connectivity index (χ1n) is 8.12. The quantitative estimate of drug-likeness (QED) is 0.441. The second kappa shape index (κ2) is 7.36. The van der Waals surface area contributed by atoms with Crippen molar-refractivity contribution in [2.45, 2.75) is 13.0 Å². The van der Waals surface area contributed by atoms with Gasteiger partial charge in [-0.25, -0.2) is 0 Å². The van der Waals surface area contributed by atoms with Gasteiger partial charge >= 0.3 is 5.97 Å². The Labute approximate surface area is 163 Å². The Kier molecular flexibility index (Phi) is 5.14. The van der Waals surface area contributed by atoms with E-state index in [1.54, 1.807) is 48.5 Å². The molecule has 6 nitrogen and oxygen atoms in total. The fourth-order valence-corrected chi connectivity index (χ4v) is 3.31. The van der Waals surface area contributed by atoms with Gasteiger partial charge in [0, 0.05) is 10.0 Å². The molecule has 1 aliphatic heterocycles. The first-order valence-corrected chi connectivity index (χ1v) is 8.91. The van der Waals surface area contributed by atoms with Gasteiger partial charge in [-0.15, -0.1) is 0 Å². The number of amides is 1. The van der Waals surface area contributed by atoms with Crippen molar-refractivity contribution in [3.05, 3.63) is 75.3 Å². The third kappa shape index (κ3) is 3.64. The van der Waals surface area contributed by atoms with E-state index in [1.165, 1.54) is 0 Å². The van der Waals surface area contributed by atoms with E-state index in [0.29, 0.717) is 11.1 Å². The van der Waals surface area contributed by atoms with E-state index in [9.17, 15) is 19.5 Å². The molecule has 1 unspecified atom stereocenters. The molecule has 138 valence electrons. The van der Waals surface area contributed by atoms with Gasteiger partial charge in [-0.1, -0.05) is 57.9 Å². The predicted molar refractivity (Wildman–Crippen MR) is 102 cm³/mol. The van der Waals surface area contributed by atoms with E-state index >= 15 is 0 Å². The smallest absolute Gasteiger partial charge is 0.323 e. The predicted octanol–water partition coefficient (Wildman–Crippen LogP) is 3.26. The molecule has 0 aromatic heterocycles. The molecule has 1 heterocycles. The molecule has 27 heavy (non-hydrogen) atoms. The lowest BCUT2D eigenvalue weighted by Gasteiger charge is -2.23. The van der Waals surface area contributed by atoms with E-state index in [0.717, 1.165) is 14.9 Å². The molecule has 1 saturated heterocycles. The van der Waals surface area contributed by atoms with Crippen molar-refractivity contribution in [3.8, 4) is 0 Å². The highest BCUT2D eigenvalue weighted by molar-refractivity contribution is 9.10. The molecule has 2 aromatic rings. The molecule has 1 aliphatic rings. The van der Waals surface area contributed by atoms with Crippen LogP contribution in [0.3, 0.4) is 0 Å². The molecule has 0 aliphatic carbocycles. The summed E-state index contributed by atoms with van der Waals surface area (Å²) in [6.07, 6.45) is 0.